The first-order chi connectivity index (χ1) is 13.0. The fraction of sp³-hybridized carbons (Fsp3) is 0.350. The summed E-state index contributed by atoms with van der Waals surface area (Å²) < 4.78 is 17.3. The average Bonchev–Trinajstić information content (AvgIpc) is 3.10. The van der Waals surface area contributed by atoms with Gasteiger partial charge >= 0.3 is 5.97 Å². The minimum atomic E-state index is -1.03. The Kier molecular flexibility index (Phi) is 7.17. The van der Waals surface area contributed by atoms with Crippen LogP contribution in [0.15, 0.2) is 48.5 Å². The normalized spacial score (nSPS) is 22.0. The fourth-order valence-corrected chi connectivity index (χ4v) is 4.03. The minimum Gasteiger partial charge on any atom is -0.463 e. The maximum absolute atomic E-state index is 12.0. The summed E-state index contributed by atoms with van der Waals surface area (Å²) in [5, 5.41) is 1.39. The van der Waals surface area contributed by atoms with Crippen LogP contribution in [0.4, 0.5) is 0 Å². The Balaban J connectivity index is 1.53. The third kappa shape index (κ3) is 5.24. The van der Waals surface area contributed by atoms with E-state index in [1.165, 1.54) is 0 Å². The lowest BCUT2D eigenvalue weighted by Crippen LogP contribution is -2.31. The zero-order valence-corrected chi connectivity index (χ0v) is 17.6. The van der Waals surface area contributed by atoms with Crippen LogP contribution in [-0.4, -0.2) is 30.6 Å². The highest BCUT2D eigenvalue weighted by molar-refractivity contribution is 9.09. The SMILES string of the molecule is O=C(CCc1ccccc1)OC[C@H]1CO[C@](CBr)(c2ccc(Cl)cc2Cl)O1. The summed E-state index contributed by atoms with van der Waals surface area (Å²) in [4.78, 5) is 12.0. The van der Waals surface area contributed by atoms with Crippen LogP contribution in [0.2, 0.25) is 10.0 Å². The molecular weight excluding hydrogens is 455 g/mol. The highest BCUT2D eigenvalue weighted by Gasteiger charge is 2.44. The molecule has 2 aromatic rings. The van der Waals surface area contributed by atoms with E-state index >= 15 is 0 Å². The van der Waals surface area contributed by atoms with E-state index in [0.717, 1.165) is 5.56 Å². The Morgan fingerprint density at radius 1 is 1.22 bits per heavy atom. The molecule has 144 valence electrons. The summed E-state index contributed by atoms with van der Waals surface area (Å²) in [6.45, 7) is 0.435. The Morgan fingerprint density at radius 3 is 2.70 bits per heavy atom. The predicted molar refractivity (Wildman–Crippen MR) is 108 cm³/mol. The second kappa shape index (κ2) is 9.39. The van der Waals surface area contributed by atoms with E-state index in [9.17, 15) is 4.79 Å². The molecule has 0 aliphatic carbocycles. The van der Waals surface area contributed by atoms with Crippen LogP contribution in [0.3, 0.4) is 0 Å². The first-order valence-electron chi connectivity index (χ1n) is 8.55. The summed E-state index contributed by atoms with van der Waals surface area (Å²) >= 11 is 15.7. The molecule has 3 rings (SSSR count). The molecule has 0 spiro atoms. The van der Waals surface area contributed by atoms with Gasteiger partial charge in [-0.3, -0.25) is 4.79 Å². The van der Waals surface area contributed by atoms with E-state index in [-0.39, 0.29) is 18.7 Å². The maximum atomic E-state index is 12.0. The van der Waals surface area contributed by atoms with E-state index < -0.39 is 5.79 Å². The van der Waals surface area contributed by atoms with Crippen LogP contribution in [0.5, 0.6) is 0 Å². The van der Waals surface area contributed by atoms with Crippen molar-refractivity contribution in [3.63, 3.8) is 0 Å². The van der Waals surface area contributed by atoms with Crippen molar-refractivity contribution in [3.05, 3.63) is 69.7 Å². The molecule has 1 saturated heterocycles. The Bertz CT molecular complexity index is 787. The molecular formula is C20H19BrCl2O4. The van der Waals surface area contributed by atoms with Crippen molar-refractivity contribution in [2.24, 2.45) is 0 Å². The lowest BCUT2D eigenvalue weighted by atomic mass is 10.1. The highest BCUT2D eigenvalue weighted by Crippen LogP contribution is 2.40. The van der Waals surface area contributed by atoms with Gasteiger partial charge in [0.2, 0.25) is 5.79 Å². The van der Waals surface area contributed by atoms with E-state index in [4.69, 9.17) is 37.4 Å². The fourth-order valence-electron chi connectivity index (χ4n) is 2.88. The summed E-state index contributed by atoms with van der Waals surface area (Å²) in [5.41, 5.74) is 1.79. The number of halogens is 3. The zero-order chi connectivity index (χ0) is 19.3. The molecule has 1 heterocycles. The molecule has 0 aromatic heterocycles. The molecule has 0 amide bonds. The second-order valence-electron chi connectivity index (χ2n) is 6.23. The summed E-state index contributed by atoms with van der Waals surface area (Å²) in [5.74, 6) is -1.29. The standard InChI is InChI=1S/C20H19BrCl2O4/c21-13-20(17-8-7-15(22)10-18(17)23)26-12-16(27-20)11-25-19(24)9-6-14-4-2-1-3-5-14/h1-5,7-8,10,16H,6,9,11-13H2/t16-,20-/m0/s1. The van der Waals surface area contributed by atoms with Crippen LogP contribution in [0.25, 0.3) is 0 Å². The van der Waals surface area contributed by atoms with Gasteiger partial charge in [-0.1, -0.05) is 75.5 Å². The Labute approximate surface area is 176 Å². The van der Waals surface area contributed by atoms with E-state index in [0.29, 0.717) is 40.4 Å². The molecule has 27 heavy (non-hydrogen) atoms. The average molecular weight is 474 g/mol. The molecule has 0 unspecified atom stereocenters. The number of esters is 1. The molecule has 4 nitrogen and oxygen atoms in total. The van der Waals surface area contributed by atoms with Crippen LogP contribution in [0.1, 0.15) is 17.5 Å². The lowest BCUT2D eigenvalue weighted by molar-refractivity contribution is -0.168. The smallest absolute Gasteiger partial charge is 0.306 e. The second-order valence-corrected chi connectivity index (χ2v) is 7.63. The Hall–Kier alpha value is -1.11. The molecule has 7 heteroatoms. The van der Waals surface area contributed by atoms with Crippen molar-refractivity contribution in [2.75, 3.05) is 18.5 Å². The number of hydrogen-bond acceptors (Lipinski definition) is 4. The number of hydrogen-bond donors (Lipinski definition) is 0. The van der Waals surface area contributed by atoms with Crippen molar-refractivity contribution in [3.8, 4) is 0 Å². The number of aryl methyl sites for hydroxylation is 1. The van der Waals surface area contributed by atoms with E-state index in [2.05, 4.69) is 15.9 Å². The highest BCUT2D eigenvalue weighted by atomic mass is 79.9. The van der Waals surface area contributed by atoms with Crippen molar-refractivity contribution < 1.29 is 19.0 Å². The topological polar surface area (TPSA) is 44.8 Å². The molecule has 0 N–H and O–H groups in total. The summed E-state index contributed by atoms with van der Waals surface area (Å²) in [7, 11) is 0. The minimum absolute atomic E-state index is 0.133. The number of carbonyl (C=O) groups excluding carboxylic acids is 1. The summed E-state index contributed by atoms with van der Waals surface area (Å²) in [6.07, 6.45) is 0.604. The van der Waals surface area contributed by atoms with Gasteiger partial charge in [0, 0.05) is 17.0 Å². The van der Waals surface area contributed by atoms with Crippen molar-refractivity contribution in [2.45, 2.75) is 24.7 Å². The van der Waals surface area contributed by atoms with Gasteiger partial charge in [0.1, 0.15) is 12.7 Å². The van der Waals surface area contributed by atoms with Crippen LogP contribution < -0.4 is 0 Å². The van der Waals surface area contributed by atoms with Gasteiger partial charge in [0.25, 0.3) is 0 Å². The van der Waals surface area contributed by atoms with Gasteiger partial charge in [0.15, 0.2) is 0 Å². The number of ether oxygens (including phenoxy) is 3. The van der Waals surface area contributed by atoms with Gasteiger partial charge in [-0.25, -0.2) is 0 Å². The summed E-state index contributed by atoms with van der Waals surface area (Å²) in [6, 6.07) is 15.0. The largest absolute Gasteiger partial charge is 0.463 e. The molecule has 1 aliphatic heterocycles. The van der Waals surface area contributed by atoms with Gasteiger partial charge in [-0.2, -0.15) is 0 Å². The number of benzene rings is 2. The maximum Gasteiger partial charge on any atom is 0.306 e. The predicted octanol–water partition coefficient (Wildman–Crippen LogP) is 5.13. The quantitative estimate of drug-likeness (QED) is 0.413. The molecule has 2 aromatic carbocycles. The van der Waals surface area contributed by atoms with Crippen molar-refractivity contribution in [1.82, 2.24) is 0 Å². The van der Waals surface area contributed by atoms with E-state index in [1.807, 2.05) is 30.3 Å². The third-order valence-corrected chi connectivity index (χ3v) is 5.55. The van der Waals surface area contributed by atoms with Gasteiger partial charge in [-0.05, 0) is 24.1 Å². The molecule has 0 bridgehead atoms. The van der Waals surface area contributed by atoms with Gasteiger partial charge in [0.05, 0.1) is 17.0 Å². The van der Waals surface area contributed by atoms with Crippen LogP contribution >= 0.6 is 39.1 Å². The van der Waals surface area contributed by atoms with Crippen LogP contribution in [0, 0.1) is 0 Å². The molecule has 2 atom stereocenters. The van der Waals surface area contributed by atoms with Crippen molar-refractivity contribution >= 4 is 45.1 Å². The third-order valence-electron chi connectivity index (χ3n) is 4.27. The van der Waals surface area contributed by atoms with Crippen LogP contribution in [-0.2, 0) is 31.2 Å². The van der Waals surface area contributed by atoms with Gasteiger partial charge < -0.3 is 14.2 Å². The monoisotopic (exact) mass is 472 g/mol. The number of rotatable bonds is 7. The molecule has 0 radical (unpaired) electrons. The number of alkyl halides is 1. The molecule has 1 fully saturated rings. The van der Waals surface area contributed by atoms with Crippen molar-refractivity contribution in [1.29, 1.82) is 0 Å². The van der Waals surface area contributed by atoms with Gasteiger partial charge in [-0.15, -0.1) is 0 Å². The van der Waals surface area contributed by atoms with E-state index in [1.54, 1.807) is 18.2 Å². The first-order valence-corrected chi connectivity index (χ1v) is 10.4. The molecule has 1 aliphatic rings. The first kappa shape index (κ1) is 20.6. The zero-order valence-electron chi connectivity index (χ0n) is 14.5. The number of carbonyl (C=O) groups is 1. The molecule has 0 saturated carbocycles. The lowest BCUT2D eigenvalue weighted by Gasteiger charge is -2.27. The Morgan fingerprint density at radius 2 is 2.00 bits per heavy atom.